The Kier molecular flexibility index (Phi) is 3.85. The topological polar surface area (TPSA) is 49.4 Å². The third-order valence-electron chi connectivity index (χ3n) is 1.56. The maximum absolute atomic E-state index is 11.8. The Balaban J connectivity index is 2.83. The van der Waals surface area contributed by atoms with Crippen LogP contribution in [0, 0.1) is 0 Å². The minimum atomic E-state index is -2.96. The minimum Gasteiger partial charge on any atom is -0.550 e. The van der Waals surface area contributed by atoms with E-state index in [1.54, 1.807) is 0 Å². The second-order valence-electron chi connectivity index (χ2n) is 2.69. The third kappa shape index (κ3) is 3.71. The number of carboxylic acids is 1. The molecule has 0 saturated carbocycles. The molecule has 15 heavy (non-hydrogen) atoms. The smallest absolute Gasteiger partial charge is 0.387 e. The molecule has 0 aliphatic rings. The van der Waals surface area contributed by atoms with Crippen LogP contribution in [0.25, 0.3) is 0 Å². The van der Waals surface area contributed by atoms with E-state index in [0.717, 1.165) is 0 Å². The van der Waals surface area contributed by atoms with E-state index in [1.165, 1.54) is 18.2 Å². The summed E-state index contributed by atoms with van der Waals surface area (Å²) in [4.78, 5) is 10.2. The van der Waals surface area contributed by atoms with Gasteiger partial charge >= 0.3 is 6.61 Å². The first-order valence-electron chi connectivity index (χ1n) is 3.92. The zero-order valence-corrected chi connectivity index (χ0v) is 8.13. The zero-order valence-electron chi connectivity index (χ0n) is 7.38. The highest BCUT2D eigenvalue weighted by Gasteiger charge is 2.08. The van der Waals surface area contributed by atoms with Crippen LogP contribution in [-0.4, -0.2) is 12.6 Å². The summed E-state index contributed by atoms with van der Waals surface area (Å²) in [6, 6.07) is 3.77. The molecule has 1 aromatic carbocycles. The Hall–Kier alpha value is -1.36. The van der Waals surface area contributed by atoms with Crippen molar-refractivity contribution in [1.82, 2.24) is 0 Å². The van der Waals surface area contributed by atoms with Crippen LogP contribution in [-0.2, 0) is 11.2 Å². The van der Waals surface area contributed by atoms with Crippen molar-refractivity contribution in [2.45, 2.75) is 13.0 Å². The van der Waals surface area contributed by atoms with Crippen molar-refractivity contribution in [3.63, 3.8) is 0 Å². The van der Waals surface area contributed by atoms with Crippen molar-refractivity contribution in [3.05, 3.63) is 28.8 Å². The number of hydrogen-bond acceptors (Lipinski definition) is 3. The number of carbonyl (C=O) groups excluding carboxylic acids is 1. The van der Waals surface area contributed by atoms with Gasteiger partial charge in [-0.1, -0.05) is 17.7 Å². The number of carboxylic acid groups (broad SMARTS) is 1. The zero-order chi connectivity index (χ0) is 11.4. The lowest BCUT2D eigenvalue weighted by molar-refractivity contribution is -0.304. The normalized spacial score (nSPS) is 10.4. The molecule has 0 N–H and O–H groups in total. The summed E-state index contributed by atoms with van der Waals surface area (Å²) in [5, 5.41) is 10.2. The highest BCUT2D eigenvalue weighted by atomic mass is 35.5. The average molecular weight is 236 g/mol. The van der Waals surface area contributed by atoms with Gasteiger partial charge in [-0.05, 0) is 17.7 Å². The van der Waals surface area contributed by atoms with E-state index in [9.17, 15) is 18.7 Å². The van der Waals surface area contributed by atoms with Gasteiger partial charge in [-0.25, -0.2) is 0 Å². The molecule has 0 unspecified atom stereocenters. The second kappa shape index (κ2) is 4.93. The number of aliphatic carboxylic acids is 1. The van der Waals surface area contributed by atoms with Gasteiger partial charge in [0.05, 0.1) is 5.02 Å². The van der Waals surface area contributed by atoms with E-state index < -0.39 is 12.6 Å². The van der Waals surface area contributed by atoms with Crippen LogP contribution in [0.2, 0.25) is 5.02 Å². The van der Waals surface area contributed by atoms with Crippen LogP contribution in [0.15, 0.2) is 18.2 Å². The van der Waals surface area contributed by atoms with Gasteiger partial charge < -0.3 is 14.6 Å². The SMILES string of the molecule is O=C([O-])Cc1ccc(OC(F)F)c(Cl)c1. The molecule has 0 amide bonds. The molecular weight excluding hydrogens is 230 g/mol. The van der Waals surface area contributed by atoms with Gasteiger partial charge in [-0.15, -0.1) is 0 Å². The van der Waals surface area contributed by atoms with E-state index >= 15 is 0 Å². The summed E-state index contributed by atoms with van der Waals surface area (Å²) < 4.78 is 27.7. The average Bonchev–Trinajstić information content (AvgIpc) is 2.08. The first-order valence-corrected chi connectivity index (χ1v) is 4.30. The standard InChI is InChI=1S/C9H7ClF2O3/c10-6-3-5(4-8(13)14)1-2-7(6)15-9(11)12/h1-3,9H,4H2,(H,13,14)/p-1. The fourth-order valence-electron chi connectivity index (χ4n) is 1.01. The molecule has 0 fully saturated rings. The van der Waals surface area contributed by atoms with Crippen LogP contribution in [0.5, 0.6) is 5.75 Å². The molecule has 0 atom stereocenters. The van der Waals surface area contributed by atoms with Gasteiger partial charge in [0.1, 0.15) is 5.75 Å². The van der Waals surface area contributed by atoms with Crippen LogP contribution in [0.3, 0.4) is 0 Å². The number of ether oxygens (including phenoxy) is 1. The predicted octanol–water partition coefficient (Wildman–Crippen LogP) is 1.23. The molecule has 3 nitrogen and oxygen atoms in total. The lowest BCUT2D eigenvalue weighted by Crippen LogP contribution is -2.24. The quantitative estimate of drug-likeness (QED) is 0.789. The monoisotopic (exact) mass is 235 g/mol. The summed E-state index contributed by atoms with van der Waals surface area (Å²) in [6.07, 6.45) is -0.325. The number of rotatable bonds is 4. The van der Waals surface area contributed by atoms with E-state index in [1.807, 2.05) is 0 Å². The molecule has 82 valence electrons. The summed E-state index contributed by atoms with van der Waals surface area (Å²) in [5.41, 5.74) is 0.363. The molecular formula is C9H6ClF2O3-. The van der Waals surface area contributed by atoms with Gasteiger partial charge in [0, 0.05) is 12.4 Å². The van der Waals surface area contributed by atoms with Crippen LogP contribution in [0.4, 0.5) is 8.78 Å². The van der Waals surface area contributed by atoms with Crippen LogP contribution in [0.1, 0.15) is 5.56 Å². The molecule has 0 radical (unpaired) electrons. The van der Waals surface area contributed by atoms with E-state index in [2.05, 4.69) is 4.74 Å². The lowest BCUT2D eigenvalue weighted by atomic mass is 10.1. The van der Waals surface area contributed by atoms with E-state index in [4.69, 9.17) is 11.6 Å². The molecule has 6 heteroatoms. The first kappa shape index (κ1) is 11.7. The Morgan fingerprint density at radius 2 is 2.20 bits per heavy atom. The Morgan fingerprint density at radius 3 is 2.67 bits per heavy atom. The molecule has 0 aliphatic heterocycles. The Labute approximate surface area is 89.2 Å². The molecule has 0 saturated heterocycles. The highest BCUT2D eigenvalue weighted by molar-refractivity contribution is 6.32. The number of benzene rings is 1. The Bertz CT molecular complexity index is 368. The molecule has 0 heterocycles. The van der Waals surface area contributed by atoms with Crippen LogP contribution < -0.4 is 9.84 Å². The molecule has 0 spiro atoms. The van der Waals surface area contributed by atoms with Gasteiger partial charge in [-0.3, -0.25) is 0 Å². The summed E-state index contributed by atoms with van der Waals surface area (Å²) in [5.74, 6) is -1.46. The van der Waals surface area contributed by atoms with Crippen molar-refractivity contribution in [2.75, 3.05) is 0 Å². The predicted molar refractivity (Wildman–Crippen MR) is 46.8 cm³/mol. The fourth-order valence-corrected chi connectivity index (χ4v) is 1.26. The first-order chi connectivity index (χ1) is 6.99. The lowest BCUT2D eigenvalue weighted by Gasteiger charge is -2.08. The van der Waals surface area contributed by atoms with Gasteiger partial charge in [0.15, 0.2) is 0 Å². The number of alkyl halides is 2. The maximum atomic E-state index is 11.8. The van der Waals surface area contributed by atoms with Gasteiger partial charge in [0.2, 0.25) is 0 Å². The summed E-state index contributed by atoms with van der Waals surface area (Å²) in [6.45, 7) is -2.96. The largest absolute Gasteiger partial charge is 0.550 e. The number of hydrogen-bond donors (Lipinski definition) is 0. The second-order valence-corrected chi connectivity index (χ2v) is 3.10. The van der Waals surface area contributed by atoms with Gasteiger partial charge in [-0.2, -0.15) is 8.78 Å². The van der Waals surface area contributed by atoms with Crippen molar-refractivity contribution >= 4 is 17.6 Å². The fraction of sp³-hybridized carbons (Fsp3) is 0.222. The van der Waals surface area contributed by atoms with Crippen LogP contribution >= 0.6 is 11.6 Å². The van der Waals surface area contributed by atoms with Crippen molar-refractivity contribution < 1.29 is 23.4 Å². The molecule has 1 rings (SSSR count). The van der Waals surface area contributed by atoms with E-state index in [-0.39, 0.29) is 17.2 Å². The molecule has 0 aliphatic carbocycles. The van der Waals surface area contributed by atoms with E-state index in [0.29, 0.717) is 5.56 Å². The summed E-state index contributed by atoms with van der Waals surface area (Å²) in [7, 11) is 0. The van der Waals surface area contributed by atoms with Gasteiger partial charge in [0.25, 0.3) is 0 Å². The maximum Gasteiger partial charge on any atom is 0.387 e. The van der Waals surface area contributed by atoms with Crippen molar-refractivity contribution in [3.8, 4) is 5.75 Å². The Morgan fingerprint density at radius 1 is 1.53 bits per heavy atom. The number of halogens is 3. The molecule has 1 aromatic rings. The third-order valence-corrected chi connectivity index (χ3v) is 1.86. The molecule has 0 bridgehead atoms. The molecule has 0 aromatic heterocycles. The highest BCUT2D eigenvalue weighted by Crippen LogP contribution is 2.26. The summed E-state index contributed by atoms with van der Waals surface area (Å²) >= 11 is 5.59. The number of carbonyl (C=O) groups is 1. The minimum absolute atomic E-state index is 0.0611. The van der Waals surface area contributed by atoms with Crippen molar-refractivity contribution in [2.24, 2.45) is 0 Å². The van der Waals surface area contributed by atoms with Crippen molar-refractivity contribution in [1.29, 1.82) is 0 Å².